The lowest BCUT2D eigenvalue weighted by Crippen LogP contribution is -2.06. The molecule has 1 aromatic rings. The zero-order chi connectivity index (χ0) is 10.0. The number of hydrogen-bond donors (Lipinski definition) is 4. The Kier molecular flexibility index (Phi) is 2.50. The molecule has 0 aliphatic heterocycles. The summed E-state index contributed by atoms with van der Waals surface area (Å²) in [6, 6.07) is 3.26. The van der Waals surface area contributed by atoms with Crippen LogP contribution in [0.2, 0.25) is 0 Å². The number of rotatable bonds is 2. The number of hydrogen-bond acceptors (Lipinski definition) is 4. The van der Waals surface area contributed by atoms with Crippen molar-refractivity contribution in [3.8, 4) is 5.75 Å². The van der Waals surface area contributed by atoms with E-state index in [1.54, 1.807) is 0 Å². The number of aliphatic hydroxyl groups is 2. The second-order valence-electron chi connectivity index (χ2n) is 2.45. The molecular weight excluding hydrogens is 176 g/mol. The van der Waals surface area contributed by atoms with Crippen LogP contribution in [0, 0.1) is 0 Å². The molecule has 0 fully saturated rings. The molecule has 0 atom stereocenters. The van der Waals surface area contributed by atoms with Gasteiger partial charge in [0.05, 0.1) is 5.56 Å². The van der Waals surface area contributed by atoms with Crippen molar-refractivity contribution >= 4 is 5.97 Å². The monoisotopic (exact) mass is 184 g/mol. The van der Waals surface area contributed by atoms with Gasteiger partial charge in [-0.1, -0.05) is 0 Å². The highest BCUT2D eigenvalue weighted by Crippen LogP contribution is 2.21. The summed E-state index contributed by atoms with van der Waals surface area (Å²) in [5.41, 5.74) is -0.472. The molecule has 5 heteroatoms. The Morgan fingerprint density at radius 3 is 2.38 bits per heavy atom. The number of phenolic OH excluding ortho intramolecular Hbond substituents is 1. The highest BCUT2D eigenvalue weighted by molar-refractivity contribution is 5.89. The summed E-state index contributed by atoms with van der Waals surface area (Å²) >= 11 is 0. The van der Waals surface area contributed by atoms with Crippen LogP contribution < -0.4 is 0 Å². The minimum Gasteiger partial charge on any atom is -0.508 e. The fourth-order valence-electron chi connectivity index (χ4n) is 0.959. The van der Waals surface area contributed by atoms with E-state index in [2.05, 4.69) is 0 Å². The molecule has 0 aliphatic carbocycles. The van der Waals surface area contributed by atoms with Crippen molar-refractivity contribution in [3.05, 3.63) is 29.3 Å². The van der Waals surface area contributed by atoms with Crippen LogP contribution in [-0.4, -0.2) is 26.4 Å². The van der Waals surface area contributed by atoms with Crippen LogP contribution in [0.3, 0.4) is 0 Å². The van der Waals surface area contributed by atoms with Crippen molar-refractivity contribution in [1.29, 1.82) is 0 Å². The smallest absolute Gasteiger partial charge is 0.336 e. The van der Waals surface area contributed by atoms with E-state index < -0.39 is 12.3 Å². The number of aliphatic hydroxyl groups excluding tert-OH is 1. The van der Waals surface area contributed by atoms with E-state index in [0.29, 0.717) is 0 Å². The predicted octanol–water partition coefficient (Wildman–Crippen LogP) is 0.0736. The molecular formula is C8H8O5. The number of carboxylic acid groups (broad SMARTS) is 1. The normalized spacial score (nSPS) is 10.4. The van der Waals surface area contributed by atoms with Crippen LogP contribution in [0.4, 0.5) is 0 Å². The average Bonchev–Trinajstić information content (AvgIpc) is 2.03. The second-order valence-corrected chi connectivity index (χ2v) is 2.45. The first-order valence-electron chi connectivity index (χ1n) is 3.44. The maximum Gasteiger partial charge on any atom is 0.336 e. The Balaban J connectivity index is 3.26. The van der Waals surface area contributed by atoms with E-state index in [-0.39, 0.29) is 16.9 Å². The molecule has 0 saturated carbocycles. The van der Waals surface area contributed by atoms with Gasteiger partial charge >= 0.3 is 5.97 Å². The van der Waals surface area contributed by atoms with Gasteiger partial charge in [0.15, 0.2) is 6.29 Å². The maximum absolute atomic E-state index is 10.5. The van der Waals surface area contributed by atoms with Gasteiger partial charge in [-0.3, -0.25) is 0 Å². The first-order valence-corrected chi connectivity index (χ1v) is 3.44. The van der Waals surface area contributed by atoms with E-state index in [1.165, 1.54) is 0 Å². The molecule has 0 aliphatic rings. The lowest BCUT2D eigenvalue weighted by molar-refractivity contribution is -0.0434. The van der Waals surface area contributed by atoms with Gasteiger partial charge in [0, 0.05) is 5.56 Å². The van der Waals surface area contributed by atoms with E-state index in [1.807, 2.05) is 0 Å². The first-order chi connectivity index (χ1) is 6.02. The SMILES string of the molecule is O=C(O)c1ccc(O)cc1C(O)O. The van der Waals surface area contributed by atoms with Crippen molar-refractivity contribution in [2.24, 2.45) is 0 Å². The van der Waals surface area contributed by atoms with Crippen LogP contribution in [0.1, 0.15) is 22.2 Å². The first kappa shape index (κ1) is 9.50. The Labute approximate surface area is 73.5 Å². The van der Waals surface area contributed by atoms with Gasteiger partial charge in [-0.2, -0.15) is 0 Å². The van der Waals surface area contributed by atoms with Crippen LogP contribution in [0.5, 0.6) is 5.75 Å². The van der Waals surface area contributed by atoms with Crippen molar-refractivity contribution in [2.45, 2.75) is 6.29 Å². The summed E-state index contributed by atoms with van der Waals surface area (Å²) < 4.78 is 0. The number of phenols is 1. The number of carboxylic acids is 1. The molecule has 0 spiro atoms. The Hall–Kier alpha value is -1.59. The molecule has 0 bridgehead atoms. The van der Waals surface area contributed by atoms with Gasteiger partial charge < -0.3 is 20.4 Å². The quantitative estimate of drug-likeness (QED) is 0.488. The molecule has 70 valence electrons. The number of aromatic hydroxyl groups is 1. The van der Waals surface area contributed by atoms with Crippen molar-refractivity contribution in [1.82, 2.24) is 0 Å². The van der Waals surface area contributed by atoms with Crippen LogP contribution in [-0.2, 0) is 0 Å². The number of carbonyl (C=O) groups is 1. The predicted molar refractivity (Wildman–Crippen MR) is 42.2 cm³/mol. The highest BCUT2D eigenvalue weighted by atomic mass is 16.5. The third kappa shape index (κ3) is 1.95. The molecule has 0 aromatic heterocycles. The van der Waals surface area contributed by atoms with Crippen LogP contribution in [0.15, 0.2) is 18.2 Å². The molecule has 0 saturated heterocycles. The zero-order valence-corrected chi connectivity index (χ0v) is 6.51. The molecule has 1 aromatic carbocycles. The summed E-state index contributed by atoms with van der Waals surface area (Å²) in [5.74, 6) is -1.49. The largest absolute Gasteiger partial charge is 0.508 e. The van der Waals surface area contributed by atoms with Crippen LogP contribution in [0.25, 0.3) is 0 Å². The Morgan fingerprint density at radius 2 is 1.92 bits per heavy atom. The number of aromatic carboxylic acids is 1. The fourth-order valence-corrected chi connectivity index (χ4v) is 0.959. The fraction of sp³-hybridized carbons (Fsp3) is 0.125. The van der Waals surface area contributed by atoms with Crippen molar-refractivity contribution in [3.63, 3.8) is 0 Å². The number of benzene rings is 1. The zero-order valence-electron chi connectivity index (χ0n) is 6.51. The molecule has 1 rings (SSSR count). The van der Waals surface area contributed by atoms with Gasteiger partial charge in [0.1, 0.15) is 5.75 Å². The van der Waals surface area contributed by atoms with Crippen LogP contribution >= 0.6 is 0 Å². The summed E-state index contributed by atoms with van der Waals surface area (Å²) in [5, 5.41) is 35.1. The third-order valence-corrected chi connectivity index (χ3v) is 1.54. The van der Waals surface area contributed by atoms with Gasteiger partial charge in [-0.25, -0.2) is 4.79 Å². The minimum absolute atomic E-state index is 0.215. The third-order valence-electron chi connectivity index (χ3n) is 1.54. The Morgan fingerprint density at radius 1 is 1.31 bits per heavy atom. The molecule has 5 nitrogen and oxygen atoms in total. The van der Waals surface area contributed by atoms with E-state index >= 15 is 0 Å². The van der Waals surface area contributed by atoms with Crippen molar-refractivity contribution in [2.75, 3.05) is 0 Å². The standard InChI is InChI=1S/C8H8O5/c9-4-1-2-5(7(10)11)6(3-4)8(12)13/h1-3,8-9,12-13H,(H,10,11). The maximum atomic E-state index is 10.5. The summed E-state index contributed by atoms with van der Waals surface area (Å²) in [6.07, 6.45) is -1.90. The molecule has 13 heavy (non-hydrogen) atoms. The lowest BCUT2D eigenvalue weighted by atomic mass is 10.1. The minimum atomic E-state index is -1.90. The van der Waals surface area contributed by atoms with E-state index in [9.17, 15) is 4.79 Å². The van der Waals surface area contributed by atoms with Gasteiger partial charge in [-0.05, 0) is 18.2 Å². The van der Waals surface area contributed by atoms with E-state index in [4.69, 9.17) is 20.4 Å². The van der Waals surface area contributed by atoms with E-state index in [0.717, 1.165) is 18.2 Å². The second kappa shape index (κ2) is 3.42. The van der Waals surface area contributed by atoms with Gasteiger partial charge in [-0.15, -0.1) is 0 Å². The highest BCUT2D eigenvalue weighted by Gasteiger charge is 2.15. The molecule has 0 radical (unpaired) electrons. The summed E-state index contributed by atoms with van der Waals surface area (Å²) in [7, 11) is 0. The average molecular weight is 184 g/mol. The van der Waals surface area contributed by atoms with Crippen molar-refractivity contribution < 1.29 is 25.2 Å². The molecule has 0 unspecified atom stereocenters. The topological polar surface area (TPSA) is 98.0 Å². The molecule has 0 heterocycles. The summed E-state index contributed by atoms with van der Waals surface area (Å²) in [4.78, 5) is 10.5. The molecule has 4 N–H and O–H groups in total. The lowest BCUT2D eigenvalue weighted by Gasteiger charge is -2.07. The summed E-state index contributed by atoms with van der Waals surface area (Å²) in [6.45, 7) is 0. The Bertz CT molecular complexity index is 331. The van der Waals surface area contributed by atoms with Gasteiger partial charge in [0.25, 0.3) is 0 Å². The van der Waals surface area contributed by atoms with Gasteiger partial charge in [0.2, 0.25) is 0 Å². The molecule has 0 amide bonds.